The van der Waals surface area contributed by atoms with Gasteiger partial charge in [0.15, 0.2) is 0 Å². The predicted molar refractivity (Wildman–Crippen MR) is 84.9 cm³/mol. The van der Waals surface area contributed by atoms with Crippen molar-refractivity contribution in [1.82, 2.24) is 0 Å². The Kier molecular flexibility index (Phi) is 5.76. The van der Waals surface area contributed by atoms with Gasteiger partial charge < -0.3 is 9.84 Å². The molecule has 1 N–H and O–H groups in total. The van der Waals surface area contributed by atoms with Crippen LogP contribution >= 0.6 is 15.9 Å². The van der Waals surface area contributed by atoms with Crippen LogP contribution in [0.3, 0.4) is 0 Å². The first-order valence-electron chi connectivity index (χ1n) is 6.88. The van der Waals surface area contributed by atoms with Gasteiger partial charge in [0, 0.05) is 10.0 Å². The summed E-state index contributed by atoms with van der Waals surface area (Å²) in [4.78, 5) is 0. The Bertz CT molecular complexity index is 582. The zero-order valence-corrected chi connectivity index (χ0v) is 13.4. The van der Waals surface area contributed by atoms with Gasteiger partial charge in [-0.05, 0) is 55.7 Å². The normalized spacial score (nSPS) is 12.2. The van der Waals surface area contributed by atoms with Crippen molar-refractivity contribution in [3.05, 3.63) is 63.9 Å². The number of aliphatic hydroxyl groups is 1. The summed E-state index contributed by atoms with van der Waals surface area (Å²) in [5.74, 6) is 0.432. The van der Waals surface area contributed by atoms with E-state index in [4.69, 9.17) is 4.74 Å². The second kappa shape index (κ2) is 7.57. The molecular formula is C17H18BrFO2. The van der Waals surface area contributed by atoms with Crippen LogP contribution in [0.1, 0.15) is 24.5 Å². The standard InChI is InChI=1S/C17H18BrFO2/c1-12(20)2-3-13-4-7-16(8-5-13)21-11-14-10-15(18)6-9-17(14)19/h4-10,12,20H,2-3,11H2,1H3. The first-order chi connectivity index (χ1) is 10.0. The molecule has 0 fully saturated rings. The summed E-state index contributed by atoms with van der Waals surface area (Å²) in [6, 6.07) is 12.5. The van der Waals surface area contributed by atoms with Crippen LogP contribution in [0.2, 0.25) is 0 Å². The molecule has 0 heterocycles. The third kappa shape index (κ3) is 5.14. The summed E-state index contributed by atoms with van der Waals surface area (Å²) in [5.41, 5.74) is 1.67. The highest BCUT2D eigenvalue weighted by atomic mass is 79.9. The summed E-state index contributed by atoms with van der Waals surface area (Å²) in [7, 11) is 0. The van der Waals surface area contributed by atoms with E-state index in [-0.39, 0.29) is 18.5 Å². The molecule has 0 radical (unpaired) electrons. The molecular weight excluding hydrogens is 335 g/mol. The molecule has 0 spiro atoms. The number of rotatable bonds is 6. The lowest BCUT2D eigenvalue weighted by Gasteiger charge is -2.09. The Balaban J connectivity index is 1.93. The van der Waals surface area contributed by atoms with Crippen LogP contribution in [0, 0.1) is 5.82 Å². The van der Waals surface area contributed by atoms with Gasteiger partial charge in [-0.2, -0.15) is 0 Å². The highest BCUT2D eigenvalue weighted by Gasteiger charge is 2.04. The topological polar surface area (TPSA) is 29.5 Å². The highest BCUT2D eigenvalue weighted by molar-refractivity contribution is 9.10. The van der Waals surface area contributed by atoms with E-state index >= 15 is 0 Å². The quantitative estimate of drug-likeness (QED) is 0.830. The van der Waals surface area contributed by atoms with Crippen molar-refractivity contribution < 1.29 is 14.2 Å². The van der Waals surface area contributed by atoms with Crippen molar-refractivity contribution in [1.29, 1.82) is 0 Å². The monoisotopic (exact) mass is 352 g/mol. The average Bonchev–Trinajstić information content (AvgIpc) is 2.47. The van der Waals surface area contributed by atoms with Crippen molar-refractivity contribution >= 4 is 15.9 Å². The van der Waals surface area contributed by atoms with Gasteiger partial charge in [0.1, 0.15) is 18.2 Å². The van der Waals surface area contributed by atoms with Gasteiger partial charge in [0.2, 0.25) is 0 Å². The van der Waals surface area contributed by atoms with E-state index < -0.39 is 0 Å². The van der Waals surface area contributed by atoms with E-state index in [0.29, 0.717) is 11.3 Å². The van der Waals surface area contributed by atoms with E-state index in [9.17, 15) is 9.50 Å². The molecule has 21 heavy (non-hydrogen) atoms. The smallest absolute Gasteiger partial charge is 0.129 e. The number of hydrogen-bond donors (Lipinski definition) is 1. The Morgan fingerprint density at radius 3 is 2.57 bits per heavy atom. The molecule has 0 aromatic heterocycles. The maximum absolute atomic E-state index is 13.6. The third-order valence-electron chi connectivity index (χ3n) is 3.18. The van der Waals surface area contributed by atoms with Crippen LogP contribution in [-0.4, -0.2) is 11.2 Å². The Labute approximate surface area is 132 Å². The second-order valence-electron chi connectivity index (χ2n) is 5.06. The van der Waals surface area contributed by atoms with Crippen LogP contribution in [0.15, 0.2) is 46.9 Å². The lowest BCUT2D eigenvalue weighted by atomic mass is 10.1. The number of aliphatic hydroxyl groups excluding tert-OH is 1. The molecule has 0 saturated heterocycles. The van der Waals surface area contributed by atoms with Crippen LogP contribution < -0.4 is 4.74 Å². The fourth-order valence-corrected chi connectivity index (χ4v) is 2.35. The lowest BCUT2D eigenvalue weighted by molar-refractivity contribution is 0.185. The van der Waals surface area contributed by atoms with Gasteiger partial charge in [-0.25, -0.2) is 4.39 Å². The minimum atomic E-state index is -0.291. The van der Waals surface area contributed by atoms with Gasteiger partial charge in [-0.15, -0.1) is 0 Å². The van der Waals surface area contributed by atoms with Crippen molar-refractivity contribution in [3.63, 3.8) is 0 Å². The minimum Gasteiger partial charge on any atom is -0.489 e. The van der Waals surface area contributed by atoms with Crippen LogP contribution in [0.5, 0.6) is 5.75 Å². The first kappa shape index (κ1) is 16.0. The van der Waals surface area contributed by atoms with E-state index in [1.54, 1.807) is 19.1 Å². The Morgan fingerprint density at radius 2 is 1.90 bits per heavy atom. The number of ether oxygens (including phenoxy) is 1. The van der Waals surface area contributed by atoms with E-state index in [0.717, 1.165) is 22.9 Å². The van der Waals surface area contributed by atoms with Crippen LogP contribution in [-0.2, 0) is 13.0 Å². The SMILES string of the molecule is CC(O)CCc1ccc(OCc2cc(Br)ccc2F)cc1. The van der Waals surface area contributed by atoms with Crippen LogP contribution in [0.4, 0.5) is 4.39 Å². The van der Waals surface area contributed by atoms with Gasteiger partial charge in [0.05, 0.1) is 6.10 Å². The van der Waals surface area contributed by atoms with Gasteiger partial charge >= 0.3 is 0 Å². The summed E-state index contributed by atoms with van der Waals surface area (Å²) in [5, 5.41) is 9.26. The molecule has 0 bridgehead atoms. The van der Waals surface area contributed by atoms with E-state index in [1.165, 1.54) is 6.07 Å². The number of hydrogen-bond acceptors (Lipinski definition) is 2. The number of halogens is 2. The molecule has 2 rings (SSSR count). The highest BCUT2D eigenvalue weighted by Crippen LogP contribution is 2.19. The fraction of sp³-hybridized carbons (Fsp3) is 0.294. The third-order valence-corrected chi connectivity index (χ3v) is 3.67. The zero-order chi connectivity index (χ0) is 15.2. The van der Waals surface area contributed by atoms with Crippen molar-refractivity contribution in [2.75, 3.05) is 0 Å². The zero-order valence-electron chi connectivity index (χ0n) is 11.9. The lowest BCUT2D eigenvalue weighted by Crippen LogP contribution is -2.01. The molecule has 4 heteroatoms. The van der Waals surface area contributed by atoms with Gasteiger partial charge in [-0.3, -0.25) is 0 Å². The summed E-state index contributed by atoms with van der Waals surface area (Å²) in [6.45, 7) is 1.97. The summed E-state index contributed by atoms with van der Waals surface area (Å²) in [6.07, 6.45) is 1.28. The van der Waals surface area contributed by atoms with Crippen LogP contribution in [0.25, 0.3) is 0 Å². The largest absolute Gasteiger partial charge is 0.489 e. The van der Waals surface area contributed by atoms with E-state index in [2.05, 4.69) is 15.9 Å². The van der Waals surface area contributed by atoms with Crippen molar-refractivity contribution in [2.45, 2.75) is 32.5 Å². The molecule has 1 unspecified atom stereocenters. The number of aryl methyl sites for hydroxylation is 1. The molecule has 2 aromatic carbocycles. The Hall–Kier alpha value is -1.39. The molecule has 0 amide bonds. The first-order valence-corrected chi connectivity index (χ1v) is 7.67. The molecule has 0 saturated carbocycles. The summed E-state index contributed by atoms with van der Waals surface area (Å²) >= 11 is 3.32. The molecule has 1 atom stereocenters. The number of benzene rings is 2. The Morgan fingerprint density at radius 1 is 1.19 bits per heavy atom. The van der Waals surface area contributed by atoms with Gasteiger partial charge in [-0.1, -0.05) is 28.1 Å². The second-order valence-corrected chi connectivity index (χ2v) is 5.97. The van der Waals surface area contributed by atoms with Gasteiger partial charge in [0.25, 0.3) is 0 Å². The van der Waals surface area contributed by atoms with Crippen molar-refractivity contribution in [2.24, 2.45) is 0 Å². The van der Waals surface area contributed by atoms with Crippen molar-refractivity contribution in [3.8, 4) is 5.75 Å². The average molecular weight is 353 g/mol. The molecule has 112 valence electrons. The molecule has 2 aromatic rings. The minimum absolute atomic E-state index is 0.193. The predicted octanol–water partition coefficient (Wildman–Crippen LogP) is 4.48. The molecule has 0 aliphatic carbocycles. The molecule has 2 nitrogen and oxygen atoms in total. The van der Waals surface area contributed by atoms with E-state index in [1.807, 2.05) is 24.3 Å². The molecule has 0 aliphatic heterocycles. The maximum atomic E-state index is 13.6. The molecule has 0 aliphatic rings. The maximum Gasteiger partial charge on any atom is 0.129 e. The summed E-state index contributed by atoms with van der Waals surface area (Å²) < 4.78 is 20.0. The fourth-order valence-electron chi connectivity index (χ4n) is 1.94.